The van der Waals surface area contributed by atoms with Crippen LogP contribution in [0.2, 0.25) is 5.02 Å². The van der Waals surface area contributed by atoms with E-state index in [1.807, 2.05) is 12.1 Å². The van der Waals surface area contributed by atoms with E-state index in [0.717, 1.165) is 5.56 Å². The Morgan fingerprint density at radius 3 is 2.53 bits per heavy atom. The van der Waals surface area contributed by atoms with Crippen LogP contribution in [0.1, 0.15) is 15.9 Å². The number of carbonyl (C=O) groups is 1. The van der Waals surface area contributed by atoms with Crippen molar-refractivity contribution >= 4 is 62.2 Å². The third kappa shape index (κ3) is 5.85. The van der Waals surface area contributed by atoms with Crippen molar-refractivity contribution in [3.05, 3.63) is 113 Å². The van der Waals surface area contributed by atoms with Crippen molar-refractivity contribution in [3.8, 4) is 11.5 Å². The predicted molar refractivity (Wildman–Crippen MR) is 171 cm³/mol. The van der Waals surface area contributed by atoms with Crippen LogP contribution in [-0.4, -0.2) is 35.1 Å². The summed E-state index contributed by atoms with van der Waals surface area (Å²) in [4.78, 5) is 26.7. The predicted octanol–water partition coefficient (Wildman–Crippen LogP) is 7.73. The normalized spacial score (nSPS) is 11.0. The molecule has 0 aliphatic heterocycles. The Bertz CT molecular complexity index is 2080. The van der Waals surface area contributed by atoms with Gasteiger partial charge in [0.05, 0.1) is 41.7 Å². The summed E-state index contributed by atoms with van der Waals surface area (Å²) >= 11 is 5.92. The molecule has 6 aromatic rings. The summed E-state index contributed by atoms with van der Waals surface area (Å²) in [5.41, 5.74) is 1.49. The average Bonchev–Trinajstić information content (AvgIpc) is 3.06. The van der Waals surface area contributed by atoms with Crippen molar-refractivity contribution in [2.24, 2.45) is 0 Å². The highest BCUT2D eigenvalue weighted by molar-refractivity contribution is 6.31. The maximum atomic E-state index is 15.2. The molecule has 45 heavy (non-hydrogen) atoms. The lowest BCUT2D eigenvalue weighted by atomic mass is 10.1. The van der Waals surface area contributed by atoms with E-state index in [1.54, 1.807) is 50.6 Å². The summed E-state index contributed by atoms with van der Waals surface area (Å²) in [6.45, 7) is 0.375. The molecule has 3 N–H and O–H groups in total. The van der Waals surface area contributed by atoms with Crippen LogP contribution >= 0.6 is 11.6 Å². The van der Waals surface area contributed by atoms with Crippen molar-refractivity contribution in [3.63, 3.8) is 0 Å². The first kappa shape index (κ1) is 29.5. The van der Waals surface area contributed by atoms with Crippen molar-refractivity contribution in [2.75, 3.05) is 30.2 Å². The number of carbonyl (C=O) groups excluding carboxylic acids is 1. The van der Waals surface area contributed by atoms with Crippen molar-refractivity contribution < 1.29 is 23.0 Å². The van der Waals surface area contributed by atoms with Crippen LogP contribution in [0.3, 0.4) is 0 Å². The van der Waals surface area contributed by atoms with E-state index in [2.05, 4.69) is 30.9 Å². The maximum absolute atomic E-state index is 15.2. The van der Waals surface area contributed by atoms with E-state index < -0.39 is 17.5 Å². The minimum atomic E-state index is -0.660. The zero-order valence-corrected chi connectivity index (χ0v) is 24.7. The van der Waals surface area contributed by atoms with E-state index >= 15 is 4.39 Å². The number of aromatic nitrogens is 3. The molecule has 0 saturated carbocycles. The van der Waals surface area contributed by atoms with Crippen molar-refractivity contribution in [1.82, 2.24) is 15.0 Å². The number of methoxy groups -OCH3 is 2. The molecule has 0 fully saturated rings. The second-order valence-electron chi connectivity index (χ2n) is 9.81. The number of anilines is 4. The summed E-state index contributed by atoms with van der Waals surface area (Å²) < 4.78 is 40.6. The number of hydrogen-bond donors (Lipinski definition) is 3. The summed E-state index contributed by atoms with van der Waals surface area (Å²) in [5.74, 6) is 0.172. The van der Waals surface area contributed by atoms with Gasteiger partial charge in [-0.3, -0.25) is 4.79 Å². The van der Waals surface area contributed by atoms with Gasteiger partial charge in [-0.1, -0.05) is 23.7 Å². The maximum Gasteiger partial charge on any atom is 0.257 e. The molecular formula is C33H25ClF2N6O3. The van der Waals surface area contributed by atoms with Crippen LogP contribution in [0.4, 0.5) is 31.8 Å². The first-order chi connectivity index (χ1) is 21.9. The first-order valence-corrected chi connectivity index (χ1v) is 14.0. The lowest BCUT2D eigenvalue weighted by Gasteiger charge is -2.15. The molecule has 0 saturated heterocycles. The first-order valence-electron chi connectivity index (χ1n) is 13.7. The zero-order chi connectivity index (χ0) is 31.5. The Labute approximate surface area is 261 Å². The number of ether oxygens (including phenoxy) is 2. The Hall–Kier alpha value is -5.55. The fraction of sp³-hybridized carbons (Fsp3) is 0.0909. The number of para-hydroxylation sites is 1. The van der Waals surface area contributed by atoms with Gasteiger partial charge in [-0.25, -0.2) is 23.7 Å². The van der Waals surface area contributed by atoms with Gasteiger partial charge < -0.3 is 25.4 Å². The third-order valence-corrected chi connectivity index (χ3v) is 7.48. The van der Waals surface area contributed by atoms with Gasteiger partial charge in [-0.2, -0.15) is 0 Å². The van der Waals surface area contributed by atoms with Gasteiger partial charge in [0.1, 0.15) is 35.3 Å². The number of nitrogens with zero attached hydrogens (tertiary/aromatic N) is 3. The Morgan fingerprint density at radius 1 is 0.867 bits per heavy atom. The van der Waals surface area contributed by atoms with Gasteiger partial charge in [0.2, 0.25) is 0 Å². The number of nitrogens with one attached hydrogen (secondary N) is 3. The fourth-order valence-corrected chi connectivity index (χ4v) is 5.13. The molecular weight excluding hydrogens is 602 g/mol. The molecule has 6 rings (SSSR count). The highest BCUT2D eigenvalue weighted by atomic mass is 35.5. The minimum Gasteiger partial charge on any atom is -0.497 e. The number of amides is 1. The molecule has 226 valence electrons. The number of halogens is 3. The van der Waals surface area contributed by atoms with Gasteiger partial charge in [0.25, 0.3) is 5.91 Å². The molecule has 4 aromatic carbocycles. The molecule has 0 atom stereocenters. The van der Waals surface area contributed by atoms with Crippen LogP contribution in [0.25, 0.3) is 21.7 Å². The fourth-order valence-electron chi connectivity index (χ4n) is 4.95. The van der Waals surface area contributed by atoms with Crippen LogP contribution in [0, 0.1) is 11.6 Å². The molecule has 0 spiro atoms. The summed E-state index contributed by atoms with van der Waals surface area (Å²) in [6, 6.07) is 19.4. The second-order valence-corrected chi connectivity index (χ2v) is 10.2. The molecule has 0 aliphatic rings. The summed E-state index contributed by atoms with van der Waals surface area (Å²) in [6.07, 6.45) is 2.78. The zero-order valence-electron chi connectivity index (χ0n) is 24.0. The molecule has 0 unspecified atom stereocenters. The number of pyridine rings is 1. The largest absolute Gasteiger partial charge is 0.497 e. The molecule has 0 aliphatic carbocycles. The van der Waals surface area contributed by atoms with Gasteiger partial charge in [-0.05, 0) is 54.6 Å². The number of rotatable bonds is 9. The highest BCUT2D eigenvalue weighted by Gasteiger charge is 2.19. The van der Waals surface area contributed by atoms with E-state index in [4.69, 9.17) is 21.1 Å². The van der Waals surface area contributed by atoms with Crippen LogP contribution in [0.15, 0.2) is 85.3 Å². The van der Waals surface area contributed by atoms with Crippen LogP contribution in [0.5, 0.6) is 11.5 Å². The molecule has 2 aromatic heterocycles. The topological polar surface area (TPSA) is 110 Å². The minimum absolute atomic E-state index is 0.0584. The van der Waals surface area contributed by atoms with Gasteiger partial charge in [0.15, 0.2) is 5.82 Å². The third-order valence-electron chi connectivity index (χ3n) is 7.19. The van der Waals surface area contributed by atoms with E-state index in [-0.39, 0.29) is 27.8 Å². The number of fused-ring (bicyclic) bond motifs is 2. The molecule has 1 amide bonds. The van der Waals surface area contributed by atoms with Gasteiger partial charge in [-0.15, -0.1) is 0 Å². The van der Waals surface area contributed by atoms with Crippen molar-refractivity contribution in [1.29, 1.82) is 0 Å². The van der Waals surface area contributed by atoms with Gasteiger partial charge in [0, 0.05) is 40.5 Å². The van der Waals surface area contributed by atoms with E-state index in [0.29, 0.717) is 45.5 Å². The molecule has 9 nitrogen and oxygen atoms in total. The number of hydrogen-bond acceptors (Lipinski definition) is 8. The standard InChI is InChI=1S/C33H25ClF2N6O3/c1-44-19-10-9-18(27(15-19)45-2)16-38-31-22-5-3-6-23(29(22)39-17-40-31)33(43)42-30-20-13-14-37-32(21(20)11-12-25(30)35)41-26-8-4-7-24(34)28(26)36/h3-15,17H,16H2,1-2H3,(H,37,41)(H,42,43)(H,38,39,40). The Balaban J connectivity index is 1.30. The lowest BCUT2D eigenvalue weighted by molar-refractivity contribution is 0.102. The molecule has 0 bridgehead atoms. The summed E-state index contributed by atoms with van der Waals surface area (Å²) in [5, 5.41) is 10.2. The highest BCUT2D eigenvalue weighted by Crippen LogP contribution is 2.34. The molecule has 0 radical (unpaired) electrons. The monoisotopic (exact) mass is 626 g/mol. The van der Waals surface area contributed by atoms with Crippen LogP contribution < -0.4 is 25.4 Å². The second kappa shape index (κ2) is 12.6. The smallest absolute Gasteiger partial charge is 0.257 e. The summed E-state index contributed by atoms with van der Waals surface area (Å²) in [7, 11) is 3.16. The number of benzene rings is 4. The van der Waals surface area contributed by atoms with Crippen molar-refractivity contribution in [2.45, 2.75) is 6.54 Å². The average molecular weight is 627 g/mol. The van der Waals surface area contributed by atoms with Gasteiger partial charge >= 0.3 is 0 Å². The SMILES string of the molecule is COc1ccc(CNc2ncnc3c(C(=O)Nc4c(F)ccc5c(Nc6cccc(Cl)c6F)nccc45)cccc23)c(OC)c1. The Kier molecular flexibility index (Phi) is 8.26. The lowest BCUT2D eigenvalue weighted by Crippen LogP contribution is -2.15. The quantitative estimate of drug-likeness (QED) is 0.150. The van der Waals surface area contributed by atoms with E-state index in [1.165, 1.54) is 36.8 Å². The Morgan fingerprint density at radius 2 is 1.71 bits per heavy atom. The van der Waals surface area contributed by atoms with E-state index in [9.17, 15) is 9.18 Å². The van der Waals surface area contributed by atoms with Crippen LogP contribution in [-0.2, 0) is 6.54 Å². The molecule has 2 heterocycles. The molecule has 12 heteroatoms.